The number of nitrogens with one attached hydrogen (secondary N) is 1. The second-order valence-corrected chi connectivity index (χ2v) is 8.07. The van der Waals surface area contributed by atoms with Gasteiger partial charge in [-0.05, 0) is 56.0 Å². The minimum absolute atomic E-state index is 0.187. The third-order valence-corrected chi connectivity index (χ3v) is 6.61. The fourth-order valence-electron chi connectivity index (χ4n) is 3.27. The van der Waals surface area contributed by atoms with E-state index in [0.29, 0.717) is 30.5 Å². The van der Waals surface area contributed by atoms with Gasteiger partial charge in [-0.2, -0.15) is 4.31 Å². The van der Waals surface area contributed by atoms with Gasteiger partial charge in [-0.3, -0.25) is 10.1 Å². The lowest BCUT2D eigenvalue weighted by atomic mass is 10.0. The molecular formula is C14H19N3O4S. The van der Waals surface area contributed by atoms with Crippen LogP contribution in [0.2, 0.25) is 0 Å². The fourth-order valence-corrected chi connectivity index (χ4v) is 5.05. The van der Waals surface area contributed by atoms with Crippen molar-refractivity contribution in [2.24, 2.45) is 11.8 Å². The lowest BCUT2D eigenvalue weighted by molar-refractivity contribution is -0.387. The molecule has 0 bridgehead atoms. The summed E-state index contributed by atoms with van der Waals surface area (Å²) in [5, 5.41) is 14.5. The molecule has 0 amide bonds. The van der Waals surface area contributed by atoms with Gasteiger partial charge in [0.15, 0.2) is 4.90 Å². The Balaban J connectivity index is 2.02. The zero-order valence-electron chi connectivity index (χ0n) is 12.6. The van der Waals surface area contributed by atoms with Gasteiger partial charge >= 0.3 is 0 Å². The highest BCUT2D eigenvalue weighted by atomic mass is 32.2. The van der Waals surface area contributed by atoms with E-state index in [1.807, 2.05) is 0 Å². The molecule has 2 saturated heterocycles. The van der Waals surface area contributed by atoms with E-state index in [1.165, 1.54) is 16.4 Å². The van der Waals surface area contributed by atoms with Crippen molar-refractivity contribution in [3.05, 3.63) is 33.4 Å². The molecule has 0 spiro atoms. The van der Waals surface area contributed by atoms with E-state index >= 15 is 0 Å². The first kappa shape index (κ1) is 15.4. The van der Waals surface area contributed by atoms with Crippen LogP contribution in [0.4, 0.5) is 5.69 Å². The zero-order valence-corrected chi connectivity index (χ0v) is 13.4. The Labute approximate surface area is 129 Å². The Kier molecular flexibility index (Phi) is 3.70. The second kappa shape index (κ2) is 5.29. The average Bonchev–Trinajstić information content (AvgIpc) is 3.02. The van der Waals surface area contributed by atoms with E-state index in [9.17, 15) is 18.5 Å². The van der Waals surface area contributed by atoms with E-state index in [1.54, 1.807) is 13.8 Å². The zero-order chi connectivity index (χ0) is 16.1. The minimum Gasteiger partial charge on any atom is -0.316 e. The van der Waals surface area contributed by atoms with Crippen LogP contribution in [-0.2, 0) is 10.0 Å². The largest absolute Gasteiger partial charge is 0.316 e. The molecule has 8 heteroatoms. The maximum Gasteiger partial charge on any atom is 0.289 e. The van der Waals surface area contributed by atoms with Crippen molar-refractivity contribution in [2.45, 2.75) is 18.7 Å². The van der Waals surface area contributed by atoms with Gasteiger partial charge in [0, 0.05) is 19.2 Å². The van der Waals surface area contributed by atoms with Crippen LogP contribution >= 0.6 is 0 Å². The summed E-state index contributed by atoms with van der Waals surface area (Å²) in [6.45, 7) is 6.00. The number of fused-ring (bicyclic) bond motifs is 1. The van der Waals surface area contributed by atoms with Gasteiger partial charge in [0.2, 0.25) is 10.0 Å². The molecule has 2 atom stereocenters. The molecule has 2 fully saturated rings. The molecule has 0 unspecified atom stereocenters. The molecule has 2 aliphatic rings. The molecule has 1 aromatic carbocycles. The average molecular weight is 325 g/mol. The van der Waals surface area contributed by atoms with Gasteiger partial charge in [-0.25, -0.2) is 8.42 Å². The molecule has 0 aromatic heterocycles. The van der Waals surface area contributed by atoms with Crippen LogP contribution in [0.3, 0.4) is 0 Å². The smallest absolute Gasteiger partial charge is 0.289 e. The third-order valence-electron chi connectivity index (χ3n) is 4.75. The van der Waals surface area contributed by atoms with Gasteiger partial charge in [0.1, 0.15) is 0 Å². The Morgan fingerprint density at radius 3 is 2.27 bits per heavy atom. The molecule has 1 aromatic rings. The van der Waals surface area contributed by atoms with Crippen molar-refractivity contribution in [1.82, 2.24) is 9.62 Å². The number of nitro benzene ring substituents is 1. The summed E-state index contributed by atoms with van der Waals surface area (Å²) >= 11 is 0. The van der Waals surface area contributed by atoms with E-state index in [4.69, 9.17) is 0 Å². The van der Waals surface area contributed by atoms with Crippen molar-refractivity contribution in [3.8, 4) is 0 Å². The molecular weight excluding hydrogens is 306 g/mol. The SMILES string of the molecule is Cc1cc([N+](=O)[O-])c(S(=O)(=O)N2C[C@H]3CNC[C@H]3C2)cc1C. The highest BCUT2D eigenvalue weighted by molar-refractivity contribution is 7.89. The molecule has 120 valence electrons. The van der Waals surface area contributed by atoms with Gasteiger partial charge in [0.05, 0.1) is 4.92 Å². The molecule has 2 heterocycles. The highest BCUT2D eigenvalue weighted by Crippen LogP contribution is 2.35. The van der Waals surface area contributed by atoms with Gasteiger partial charge in [-0.15, -0.1) is 0 Å². The van der Waals surface area contributed by atoms with E-state index in [2.05, 4.69) is 5.32 Å². The van der Waals surface area contributed by atoms with Gasteiger partial charge < -0.3 is 5.32 Å². The summed E-state index contributed by atoms with van der Waals surface area (Å²) in [5.74, 6) is 0.612. The number of benzene rings is 1. The summed E-state index contributed by atoms with van der Waals surface area (Å²) < 4.78 is 27.1. The Morgan fingerprint density at radius 2 is 1.73 bits per heavy atom. The van der Waals surface area contributed by atoms with Crippen molar-refractivity contribution in [1.29, 1.82) is 0 Å². The molecule has 1 N–H and O–H groups in total. The van der Waals surface area contributed by atoms with Crippen molar-refractivity contribution >= 4 is 15.7 Å². The molecule has 2 aliphatic heterocycles. The van der Waals surface area contributed by atoms with Crippen LogP contribution in [0.25, 0.3) is 0 Å². The van der Waals surface area contributed by atoms with Gasteiger partial charge in [0.25, 0.3) is 5.69 Å². The van der Waals surface area contributed by atoms with Crippen LogP contribution in [0.1, 0.15) is 11.1 Å². The highest BCUT2D eigenvalue weighted by Gasteiger charge is 2.43. The minimum atomic E-state index is -3.83. The van der Waals surface area contributed by atoms with Crippen LogP contribution in [0, 0.1) is 35.8 Å². The molecule has 0 aliphatic carbocycles. The topological polar surface area (TPSA) is 92.5 Å². The number of rotatable bonds is 3. The first-order chi connectivity index (χ1) is 10.3. The van der Waals surface area contributed by atoms with Crippen molar-refractivity contribution in [3.63, 3.8) is 0 Å². The molecule has 7 nitrogen and oxygen atoms in total. The number of nitro groups is 1. The summed E-state index contributed by atoms with van der Waals surface area (Å²) in [7, 11) is -3.83. The number of sulfonamides is 1. The summed E-state index contributed by atoms with van der Waals surface area (Å²) in [4.78, 5) is 10.5. The predicted octanol–water partition coefficient (Wildman–Crippen LogP) is 1.05. The normalized spacial score (nSPS) is 25.4. The second-order valence-electron chi connectivity index (χ2n) is 6.16. The summed E-state index contributed by atoms with van der Waals surface area (Å²) in [6.07, 6.45) is 0. The third kappa shape index (κ3) is 2.41. The first-order valence-corrected chi connectivity index (χ1v) is 8.71. The maximum absolute atomic E-state index is 12.9. The molecule has 3 rings (SSSR count). The van der Waals surface area contributed by atoms with E-state index < -0.39 is 14.9 Å². The lowest BCUT2D eigenvalue weighted by Crippen LogP contribution is -2.32. The van der Waals surface area contributed by atoms with Crippen LogP contribution in [0.5, 0.6) is 0 Å². The van der Waals surface area contributed by atoms with E-state index in [-0.39, 0.29) is 10.6 Å². The fraction of sp³-hybridized carbons (Fsp3) is 0.571. The maximum atomic E-state index is 12.9. The standard InChI is InChI=1S/C14H19N3O4S/c1-9-3-13(17(18)19)14(4-10(9)2)22(20,21)16-7-11-5-15-6-12(11)8-16/h3-4,11-12,15H,5-8H2,1-2H3/t11-,12+. The summed E-state index contributed by atoms with van der Waals surface area (Å²) in [5.41, 5.74) is 1.12. The summed E-state index contributed by atoms with van der Waals surface area (Å²) in [6, 6.07) is 2.77. The van der Waals surface area contributed by atoms with E-state index in [0.717, 1.165) is 18.7 Å². The molecule has 22 heavy (non-hydrogen) atoms. The van der Waals surface area contributed by atoms with Gasteiger partial charge in [-0.1, -0.05) is 0 Å². The predicted molar refractivity (Wildman–Crippen MR) is 81.2 cm³/mol. The molecule has 0 saturated carbocycles. The Hall–Kier alpha value is -1.51. The molecule has 0 radical (unpaired) electrons. The Morgan fingerprint density at radius 1 is 1.18 bits per heavy atom. The van der Waals surface area contributed by atoms with Crippen LogP contribution in [0.15, 0.2) is 17.0 Å². The van der Waals surface area contributed by atoms with Crippen molar-refractivity contribution < 1.29 is 13.3 Å². The van der Waals surface area contributed by atoms with Crippen molar-refractivity contribution in [2.75, 3.05) is 26.2 Å². The first-order valence-electron chi connectivity index (χ1n) is 7.27. The number of nitrogens with zero attached hydrogens (tertiary/aromatic N) is 2. The quantitative estimate of drug-likeness (QED) is 0.662. The van der Waals surface area contributed by atoms with Crippen LogP contribution in [-0.4, -0.2) is 43.8 Å². The number of hydrogen-bond donors (Lipinski definition) is 1. The number of aryl methyl sites for hydroxylation is 2. The number of hydrogen-bond acceptors (Lipinski definition) is 5. The Bertz CT molecular complexity index is 720. The lowest BCUT2D eigenvalue weighted by Gasteiger charge is -2.18. The monoisotopic (exact) mass is 325 g/mol. The van der Waals surface area contributed by atoms with Crippen LogP contribution < -0.4 is 5.32 Å².